The Morgan fingerprint density at radius 1 is 1.43 bits per heavy atom. The molecule has 1 aromatic carbocycles. The summed E-state index contributed by atoms with van der Waals surface area (Å²) in [5, 5.41) is 13.7. The van der Waals surface area contributed by atoms with Gasteiger partial charge in [-0.25, -0.2) is 4.68 Å². The number of aromatic nitrogens is 2. The molecule has 0 spiro atoms. The van der Waals surface area contributed by atoms with Crippen LogP contribution in [0.5, 0.6) is 5.75 Å². The van der Waals surface area contributed by atoms with Crippen molar-refractivity contribution >= 4 is 0 Å². The molecule has 1 saturated heterocycles. The molecule has 5 nitrogen and oxygen atoms in total. The molecule has 1 fully saturated rings. The molecule has 1 aromatic heterocycles. The molecule has 1 aliphatic heterocycles. The van der Waals surface area contributed by atoms with Crippen molar-refractivity contribution in [2.45, 2.75) is 32.1 Å². The number of methoxy groups -OCH3 is 1. The molecule has 1 N–H and O–H groups in total. The van der Waals surface area contributed by atoms with Crippen LogP contribution in [-0.4, -0.2) is 28.6 Å². The summed E-state index contributed by atoms with van der Waals surface area (Å²) in [4.78, 5) is 0. The molecular weight excluding hydrogens is 268 g/mol. The van der Waals surface area contributed by atoms with Crippen molar-refractivity contribution in [2.75, 3.05) is 13.7 Å². The standard InChI is InChI=1S/C16H20N2O3/c1-20-15-6-5-12(11-19)8-14(15)13-9-17-18(10-13)16-4-2-3-7-21-16/h5-6,8-10,16,19H,2-4,7,11H2,1H3. The average molecular weight is 288 g/mol. The van der Waals surface area contributed by atoms with Crippen LogP contribution in [0.15, 0.2) is 30.6 Å². The second kappa shape index (κ2) is 6.28. The maximum atomic E-state index is 9.30. The van der Waals surface area contributed by atoms with Gasteiger partial charge in [-0.05, 0) is 37.0 Å². The largest absolute Gasteiger partial charge is 0.496 e. The average Bonchev–Trinajstić information content (AvgIpc) is 3.05. The SMILES string of the molecule is COc1ccc(CO)cc1-c1cnn(C2CCCCO2)c1. The summed E-state index contributed by atoms with van der Waals surface area (Å²) in [6.07, 6.45) is 7.11. The van der Waals surface area contributed by atoms with Crippen molar-refractivity contribution < 1.29 is 14.6 Å². The third kappa shape index (κ3) is 2.94. The molecule has 5 heteroatoms. The number of hydrogen-bond donors (Lipinski definition) is 1. The van der Waals surface area contributed by atoms with Gasteiger partial charge in [-0.3, -0.25) is 0 Å². The van der Waals surface area contributed by atoms with Gasteiger partial charge in [0.25, 0.3) is 0 Å². The zero-order chi connectivity index (χ0) is 14.7. The molecule has 112 valence electrons. The Hall–Kier alpha value is -1.85. The lowest BCUT2D eigenvalue weighted by Gasteiger charge is -2.22. The van der Waals surface area contributed by atoms with Gasteiger partial charge in [0.05, 0.1) is 19.9 Å². The Labute approximate surface area is 124 Å². The number of benzene rings is 1. The zero-order valence-corrected chi connectivity index (χ0v) is 12.2. The summed E-state index contributed by atoms with van der Waals surface area (Å²) in [5.41, 5.74) is 2.76. The van der Waals surface area contributed by atoms with Crippen LogP contribution in [0.2, 0.25) is 0 Å². The predicted octanol–water partition coefficient (Wildman–Crippen LogP) is 2.75. The molecule has 1 unspecified atom stereocenters. The first-order valence-corrected chi connectivity index (χ1v) is 7.25. The normalized spacial score (nSPS) is 18.7. The summed E-state index contributed by atoms with van der Waals surface area (Å²) in [5.74, 6) is 0.774. The van der Waals surface area contributed by atoms with E-state index < -0.39 is 0 Å². The lowest BCUT2D eigenvalue weighted by Crippen LogP contribution is -2.18. The van der Waals surface area contributed by atoms with Crippen LogP contribution in [0.4, 0.5) is 0 Å². The first kappa shape index (κ1) is 14.1. The minimum atomic E-state index is 0.0108. The zero-order valence-electron chi connectivity index (χ0n) is 12.2. The Morgan fingerprint density at radius 2 is 2.33 bits per heavy atom. The lowest BCUT2D eigenvalue weighted by atomic mass is 10.1. The Kier molecular flexibility index (Phi) is 4.22. The molecular formula is C16H20N2O3. The summed E-state index contributed by atoms with van der Waals surface area (Å²) < 4.78 is 13.0. The van der Waals surface area contributed by atoms with Crippen molar-refractivity contribution in [2.24, 2.45) is 0 Å². The van der Waals surface area contributed by atoms with E-state index in [0.29, 0.717) is 0 Å². The van der Waals surface area contributed by atoms with Crippen LogP contribution in [-0.2, 0) is 11.3 Å². The summed E-state index contributed by atoms with van der Waals surface area (Å²) in [6.45, 7) is 0.806. The van der Waals surface area contributed by atoms with Crippen LogP contribution >= 0.6 is 0 Å². The number of hydrogen-bond acceptors (Lipinski definition) is 4. The van der Waals surface area contributed by atoms with Crippen LogP contribution in [0.25, 0.3) is 11.1 Å². The van der Waals surface area contributed by atoms with E-state index in [1.165, 1.54) is 6.42 Å². The number of aliphatic hydroxyl groups excluding tert-OH is 1. The van der Waals surface area contributed by atoms with Crippen LogP contribution in [0.1, 0.15) is 31.1 Å². The number of aliphatic hydroxyl groups is 1. The Bertz CT molecular complexity index is 603. The highest BCUT2D eigenvalue weighted by atomic mass is 16.5. The van der Waals surface area contributed by atoms with Crippen LogP contribution in [0.3, 0.4) is 0 Å². The third-order valence-electron chi connectivity index (χ3n) is 3.81. The summed E-state index contributed by atoms with van der Waals surface area (Å²) in [6, 6.07) is 5.66. The van der Waals surface area contributed by atoms with Crippen molar-refractivity contribution in [3.8, 4) is 16.9 Å². The van der Waals surface area contributed by atoms with E-state index in [0.717, 1.165) is 41.9 Å². The van der Waals surface area contributed by atoms with Gasteiger partial charge in [-0.2, -0.15) is 5.10 Å². The summed E-state index contributed by atoms with van der Waals surface area (Å²) >= 11 is 0. The predicted molar refractivity (Wildman–Crippen MR) is 79.0 cm³/mol. The van der Waals surface area contributed by atoms with E-state index >= 15 is 0 Å². The number of ether oxygens (including phenoxy) is 2. The summed E-state index contributed by atoms with van der Waals surface area (Å²) in [7, 11) is 1.64. The van der Waals surface area contributed by atoms with E-state index in [2.05, 4.69) is 5.10 Å². The minimum Gasteiger partial charge on any atom is -0.496 e. The van der Waals surface area contributed by atoms with Gasteiger partial charge < -0.3 is 14.6 Å². The Balaban J connectivity index is 1.91. The van der Waals surface area contributed by atoms with E-state index in [1.807, 2.05) is 35.3 Å². The molecule has 0 aliphatic carbocycles. The van der Waals surface area contributed by atoms with Gasteiger partial charge in [0.2, 0.25) is 0 Å². The molecule has 3 rings (SSSR count). The van der Waals surface area contributed by atoms with Gasteiger partial charge in [0.1, 0.15) is 12.0 Å². The molecule has 0 radical (unpaired) electrons. The first-order valence-electron chi connectivity index (χ1n) is 7.25. The fraction of sp³-hybridized carbons (Fsp3) is 0.438. The van der Waals surface area contributed by atoms with Gasteiger partial charge in [-0.15, -0.1) is 0 Å². The van der Waals surface area contributed by atoms with Crippen LogP contribution in [0, 0.1) is 0 Å². The highest BCUT2D eigenvalue weighted by molar-refractivity contribution is 5.70. The fourth-order valence-electron chi connectivity index (χ4n) is 2.65. The van der Waals surface area contributed by atoms with E-state index in [1.54, 1.807) is 7.11 Å². The smallest absolute Gasteiger partial charge is 0.150 e. The van der Waals surface area contributed by atoms with Crippen molar-refractivity contribution in [3.63, 3.8) is 0 Å². The van der Waals surface area contributed by atoms with E-state index in [9.17, 15) is 5.11 Å². The van der Waals surface area contributed by atoms with E-state index in [-0.39, 0.29) is 12.8 Å². The monoisotopic (exact) mass is 288 g/mol. The topological polar surface area (TPSA) is 56.5 Å². The lowest BCUT2D eigenvalue weighted by molar-refractivity contribution is -0.0394. The van der Waals surface area contributed by atoms with Gasteiger partial charge in [-0.1, -0.05) is 6.07 Å². The molecule has 0 amide bonds. The number of rotatable bonds is 4. The maximum absolute atomic E-state index is 9.30. The van der Waals surface area contributed by atoms with Crippen LogP contribution < -0.4 is 4.74 Å². The molecule has 21 heavy (non-hydrogen) atoms. The van der Waals surface area contributed by atoms with Crippen molar-refractivity contribution in [1.82, 2.24) is 9.78 Å². The number of nitrogens with zero attached hydrogens (tertiary/aromatic N) is 2. The van der Waals surface area contributed by atoms with Crippen molar-refractivity contribution in [1.29, 1.82) is 0 Å². The maximum Gasteiger partial charge on any atom is 0.150 e. The Morgan fingerprint density at radius 3 is 3.05 bits per heavy atom. The molecule has 2 aromatic rings. The van der Waals surface area contributed by atoms with Gasteiger partial charge in [0, 0.05) is 23.9 Å². The quantitative estimate of drug-likeness (QED) is 0.940. The highest BCUT2D eigenvalue weighted by Crippen LogP contribution is 2.32. The first-order chi connectivity index (χ1) is 10.3. The fourth-order valence-corrected chi connectivity index (χ4v) is 2.65. The highest BCUT2D eigenvalue weighted by Gasteiger charge is 2.17. The minimum absolute atomic E-state index is 0.0108. The molecule has 0 bridgehead atoms. The second-order valence-corrected chi connectivity index (χ2v) is 5.22. The van der Waals surface area contributed by atoms with Gasteiger partial charge in [0.15, 0.2) is 0 Å². The second-order valence-electron chi connectivity index (χ2n) is 5.22. The van der Waals surface area contributed by atoms with E-state index in [4.69, 9.17) is 9.47 Å². The molecule has 1 atom stereocenters. The van der Waals surface area contributed by atoms with Crippen molar-refractivity contribution in [3.05, 3.63) is 36.2 Å². The van der Waals surface area contributed by atoms with Gasteiger partial charge >= 0.3 is 0 Å². The molecule has 0 saturated carbocycles. The molecule has 1 aliphatic rings. The third-order valence-corrected chi connectivity index (χ3v) is 3.81. The molecule has 2 heterocycles.